The summed E-state index contributed by atoms with van der Waals surface area (Å²) < 4.78 is 63.0. The van der Waals surface area contributed by atoms with Crippen LogP contribution in [0.25, 0.3) is 0 Å². The number of carbonyl (C=O) groups is 1. The zero-order chi connectivity index (χ0) is 21.9. The van der Waals surface area contributed by atoms with Gasteiger partial charge >= 0.3 is 6.18 Å². The lowest BCUT2D eigenvalue weighted by Gasteiger charge is -2.24. The van der Waals surface area contributed by atoms with Crippen LogP contribution in [0.5, 0.6) is 0 Å². The number of amides is 1. The third-order valence-corrected chi connectivity index (χ3v) is 5.70. The SMILES string of the molecule is CS(=O)(=O)c1cc(NC(=O)c2cc(C(F)(F)F)cnc2N2CCCCCC2)ccn1. The zero-order valence-corrected chi connectivity index (χ0v) is 17.1. The lowest BCUT2D eigenvalue weighted by atomic mass is 10.1. The van der Waals surface area contributed by atoms with Gasteiger partial charge in [-0.15, -0.1) is 0 Å². The summed E-state index contributed by atoms with van der Waals surface area (Å²) in [4.78, 5) is 22.4. The van der Waals surface area contributed by atoms with E-state index in [2.05, 4.69) is 15.3 Å². The van der Waals surface area contributed by atoms with Gasteiger partial charge in [0.1, 0.15) is 5.82 Å². The van der Waals surface area contributed by atoms with Gasteiger partial charge in [0, 0.05) is 37.4 Å². The highest BCUT2D eigenvalue weighted by molar-refractivity contribution is 7.90. The summed E-state index contributed by atoms with van der Waals surface area (Å²) in [5, 5.41) is 2.21. The van der Waals surface area contributed by atoms with Crippen molar-refractivity contribution in [2.24, 2.45) is 0 Å². The van der Waals surface area contributed by atoms with Crippen molar-refractivity contribution in [3.8, 4) is 0 Å². The molecule has 0 aromatic carbocycles. The summed E-state index contributed by atoms with van der Waals surface area (Å²) in [6.07, 6.45) is 1.96. The number of halogens is 3. The molecule has 30 heavy (non-hydrogen) atoms. The monoisotopic (exact) mass is 442 g/mol. The lowest BCUT2D eigenvalue weighted by Crippen LogP contribution is -2.29. The van der Waals surface area contributed by atoms with E-state index in [-0.39, 0.29) is 22.1 Å². The summed E-state index contributed by atoms with van der Waals surface area (Å²) in [6.45, 7) is 1.18. The highest BCUT2D eigenvalue weighted by Crippen LogP contribution is 2.32. The number of carbonyl (C=O) groups excluding carboxylic acids is 1. The first kappa shape index (κ1) is 22.0. The second-order valence-electron chi connectivity index (χ2n) is 7.10. The molecule has 1 aliphatic rings. The predicted molar refractivity (Wildman–Crippen MR) is 105 cm³/mol. The summed E-state index contributed by atoms with van der Waals surface area (Å²) in [6, 6.07) is 3.29. The van der Waals surface area contributed by atoms with Crippen molar-refractivity contribution in [3.05, 3.63) is 41.7 Å². The number of sulfone groups is 1. The fourth-order valence-corrected chi connectivity index (χ4v) is 3.80. The molecule has 0 saturated carbocycles. The number of pyridine rings is 2. The molecule has 2 aromatic heterocycles. The minimum atomic E-state index is -4.65. The first-order valence-electron chi connectivity index (χ1n) is 9.35. The molecule has 1 fully saturated rings. The van der Waals surface area contributed by atoms with Crippen LogP contribution in [0.1, 0.15) is 41.6 Å². The second-order valence-corrected chi connectivity index (χ2v) is 9.07. The van der Waals surface area contributed by atoms with Gasteiger partial charge in [0.15, 0.2) is 14.9 Å². The predicted octanol–water partition coefficient (Wildman–Crippen LogP) is 3.53. The molecule has 11 heteroatoms. The molecule has 3 heterocycles. The van der Waals surface area contributed by atoms with Gasteiger partial charge in [0.25, 0.3) is 5.91 Å². The van der Waals surface area contributed by atoms with Crippen molar-refractivity contribution in [1.29, 1.82) is 0 Å². The van der Waals surface area contributed by atoms with Crippen LogP contribution in [0.3, 0.4) is 0 Å². The molecule has 0 atom stereocenters. The van der Waals surface area contributed by atoms with Crippen molar-refractivity contribution in [2.45, 2.75) is 36.9 Å². The van der Waals surface area contributed by atoms with Crippen LogP contribution < -0.4 is 10.2 Å². The fraction of sp³-hybridized carbons (Fsp3) is 0.421. The number of hydrogen-bond donors (Lipinski definition) is 1. The third-order valence-electron chi connectivity index (χ3n) is 4.72. The van der Waals surface area contributed by atoms with Gasteiger partial charge in [-0.2, -0.15) is 13.2 Å². The highest BCUT2D eigenvalue weighted by Gasteiger charge is 2.33. The van der Waals surface area contributed by atoms with E-state index >= 15 is 0 Å². The van der Waals surface area contributed by atoms with E-state index in [0.29, 0.717) is 13.1 Å². The Balaban J connectivity index is 1.98. The van der Waals surface area contributed by atoms with E-state index in [1.54, 1.807) is 0 Å². The maximum absolute atomic E-state index is 13.2. The van der Waals surface area contributed by atoms with Crippen LogP contribution in [0, 0.1) is 0 Å². The molecular weight excluding hydrogens is 421 g/mol. The maximum atomic E-state index is 13.2. The molecular formula is C19H21F3N4O3S. The number of aromatic nitrogens is 2. The van der Waals surface area contributed by atoms with Crippen molar-refractivity contribution in [1.82, 2.24) is 9.97 Å². The molecule has 0 spiro atoms. The van der Waals surface area contributed by atoms with Gasteiger partial charge in [-0.1, -0.05) is 12.8 Å². The molecule has 0 unspecified atom stereocenters. The van der Waals surface area contributed by atoms with Crippen molar-refractivity contribution >= 4 is 27.2 Å². The molecule has 162 valence electrons. The summed E-state index contributed by atoms with van der Waals surface area (Å²) in [5.41, 5.74) is -1.14. The largest absolute Gasteiger partial charge is 0.417 e. The van der Waals surface area contributed by atoms with Gasteiger partial charge in [0.05, 0.1) is 11.1 Å². The van der Waals surface area contributed by atoms with E-state index in [1.165, 1.54) is 12.3 Å². The number of anilines is 2. The molecule has 1 amide bonds. The van der Waals surface area contributed by atoms with Crippen LogP contribution >= 0.6 is 0 Å². The molecule has 0 bridgehead atoms. The Morgan fingerprint density at radius 2 is 1.77 bits per heavy atom. The number of hydrogen-bond acceptors (Lipinski definition) is 6. The van der Waals surface area contributed by atoms with E-state index in [4.69, 9.17) is 0 Å². The third kappa shape index (κ3) is 5.26. The second kappa shape index (κ2) is 8.58. The average Bonchev–Trinajstić information content (AvgIpc) is 2.96. The van der Waals surface area contributed by atoms with E-state index < -0.39 is 27.5 Å². The normalized spacial score (nSPS) is 15.5. The Morgan fingerprint density at radius 1 is 1.10 bits per heavy atom. The molecule has 1 N–H and O–H groups in total. The number of nitrogens with zero attached hydrogens (tertiary/aromatic N) is 3. The minimum absolute atomic E-state index is 0.106. The van der Waals surface area contributed by atoms with Gasteiger partial charge in [-0.25, -0.2) is 18.4 Å². The summed E-state index contributed by atoms with van der Waals surface area (Å²) >= 11 is 0. The average molecular weight is 442 g/mol. The smallest absolute Gasteiger partial charge is 0.356 e. The molecule has 2 aromatic rings. The van der Waals surface area contributed by atoms with Gasteiger partial charge in [0.2, 0.25) is 0 Å². The molecule has 3 rings (SSSR count). The van der Waals surface area contributed by atoms with Crippen molar-refractivity contribution in [3.63, 3.8) is 0 Å². The Hall–Kier alpha value is -2.69. The summed E-state index contributed by atoms with van der Waals surface area (Å²) in [7, 11) is -3.61. The van der Waals surface area contributed by atoms with Crippen LogP contribution in [0.2, 0.25) is 0 Å². The van der Waals surface area contributed by atoms with Crippen molar-refractivity contribution in [2.75, 3.05) is 29.6 Å². The van der Waals surface area contributed by atoms with Gasteiger partial charge in [-0.05, 0) is 31.0 Å². The lowest BCUT2D eigenvalue weighted by molar-refractivity contribution is -0.137. The molecule has 7 nitrogen and oxygen atoms in total. The summed E-state index contributed by atoms with van der Waals surface area (Å²) in [5.74, 6) is -0.627. The number of rotatable bonds is 4. The van der Waals surface area contributed by atoms with E-state index in [0.717, 1.165) is 50.3 Å². The van der Waals surface area contributed by atoms with Crippen LogP contribution in [0.4, 0.5) is 24.7 Å². The minimum Gasteiger partial charge on any atom is -0.356 e. The van der Waals surface area contributed by atoms with Crippen LogP contribution in [0.15, 0.2) is 35.6 Å². The fourth-order valence-electron chi connectivity index (χ4n) is 3.20. The molecule has 0 aliphatic carbocycles. The molecule has 1 saturated heterocycles. The van der Waals surface area contributed by atoms with E-state index in [9.17, 15) is 26.4 Å². The number of alkyl halides is 3. The van der Waals surface area contributed by atoms with Crippen LogP contribution in [-0.2, 0) is 16.0 Å². The number of nitrogens with one attached hydrogen (secondary N) is 1. The standard InChI is InChI=1S/C19H21F3N4O3S/c1-30(28,29)16-11-14(6-7-23-16)25-18(27)15-10-13(19(20,21)22)12-24-17(15)26-8-4-2-3-5-9-26/h6-7,10-12H,2-5,8-9H2,1H3,(H,23,25,27). The molecule has 0 radical (unpaired) electrons. The van der Waals surface area contributed by atoms with Gasteiger partial charge < -0.3 is 10.2 Å². The van der Waals surface area contributed by atoms with Crippen LogP contribution in [-0.4, -0.2) is 43.6 Å². The Morgan fingerprint density at radius 3 is 2.37 bits per heavy atom. The van der Waals surface area contributed by atoms with Gasteiger partial charge in [-0.3, -0.25) is 4.79 Å². The first-order chi connectivity index (χ1) is 14.1. The first-order valence-corrected chi connectivity index (χ1v) is 11.2. The quantitative estimate of drug-likeness (QED) is 0.779. The zero-order valence-electron chi connectivity index (χ0n) is 16.2. The Bertz CT molecular complexity index is 1030. The van der Waals surface area contributed by atoms with E-state index in [1.807, 2.05) is 4.90 Å². The highest BCUT2D eigenvalue weighted by atomic mass is 32.2. The topological polar surface area (TPSA) is 92.3 Å². The van der Waals surface area contributed by atoms with Crippen molar-refractivity contribution < 1.29 is 26.4 Å². The maximum Gasteiger partial charge on any atom is 0.417 e. The Kier molecular flexibility index (Phi) is 6.30. The molecule has 1 aliphatic heterocycles. The Labute approximate surface area is 172 Å².